The van der Waals surface area contributed by atoms with E-state index in [2.05, 4.69) is 24.4 Å². The Kier molecular flexibility index (Phi) is 11.0. The van der Waals surface area contributed by atoms with Crippen LogP contribution in [0.15, 0.2) is 108 Å². The molecule has 1 amide bonds. The summed E-state index contributed by atoms with van der Waals surface area (Å²) in [6, 6.07) is 32.4. The van der Waals surface area contributed by atoms with Crippen LogP contribution >= 0.6 is 11.8 Å². The predicted octanol–water partition coefficient (Wildman–Crippen LogP) is 9.06. The van der Waals surface area contributed by atoms with Gasteiger partial charge in [0.2, 0.25) is 5.82 Å². The van der Waals surface area contributed by atoms with Gasteiger partial charge in [-0.25, -0.2) is 22.0 Å². The molecule has 0 unspecified atom stereocenters. The van der Waals surface area contributed by atoms with Crippen LogP contribution in [-0.4, -0.2) is 22.9 Å². The number of hydrogen-bond acceptors (Lipinski definition) is 5. The zero-order valence-corrected chi connectivity index (χ0v) is 27.5. The van der Waals surface area contributed by atoms with E-state index in [0.717, 1.165) is 32.7 Å². The van der Waals surface area contributed by atoms with Crippen molar-refractivity contribution in [3.63, 3.8) is 0 Å². The van der Waals surface area contributed by atoms with Gasteiger partial charge in [-0.2, -0.15) is 0 Å². The minimum Gasteiger partial charge on any atom is -0.392 e. The molecule has 4 atom stereocenters. The van der Waals surface area contributed by atoms with Crippen molar-refractivity contribution in [2.45, 2.75) is 43.5 Å². The lowest BCUT2D eigenvalue weighted by atomic mass is 9.91. The topological polar surface area (TPSA) is 67.8 Å². The maximum atomic E-state index is 14.1. The smallest absolute Gasteiger partial charge is 0.257 e. The second-order valence-corrected chi connectivity index (χ2v) is 13.0. The fraction of sp³-hybridized carbons (Fsp3) is 0.205. The van der Waals surface area contributed by atoms with E-state index in [0.29, 0.717) is 11.3 Å². The van der Waals surface area contributed by atoms with Crippen molar-refractivity contribution in [3.05, 3.63) is 160 Å². The highest BCUT2D eigenvalue weighted by molar-refractivity contribution is 7.99. The molecule has 5 aromatic carbocycles. The van der Waals surface area contributed by atoms with E-state index in [-0.39, 0.29) is 31.3 Å². The Hall–Kier alpha value is -4.55. The monoisotopic (exact) mass is 705 g/mol. The highest BCUT2D eigenvalue weighted by atomic mass is 32.2. The van der Waals surface area contributed by atoms with Crippen molar-refractivity contribution in [1.82, 2.24) is 5.32 Å². The van der Waals surface area contributed by atoms with Crippen molar-refractivity contribution in [2.24, 2.45) is 5.92 Å². The number of carbonyl (C=O) groups is 1. The number of aliphatic hydroxyl groups is 1. The summed E-state index contributed by atoms with van der Waals surface area (Å²) < 4.78 is 81.9. The molecule has 1 aliphatic rings. The highest BCUT2D eigenvalue weighted by Crippen LogP contribution is 2.43. The summed E-state index contributed by atoms with van der Waals surface area (Å²) in [6.45, 7) is 1.83. The van der Waals surface area contributed by atoms with Crippen molar-refractivity contribution >= 4 is 17.7 Å². The second kappa shape index (κ2) is 15.6. The second-order valence-electron chi connectivity index (χ2n) is 11.9. The van der Waals surface area contributed by atoms with Gasteiger partial charge >= 0.3 is 0 Å². The van der Waals surface area contributed by atoms with Gasteiger partial charge in [0.15, 0.2) is 29.6 Å². The first-order chi connectivity index (χ1) is 24.1. The molecule has 6 rings (SSSR count). The van der Waals surface area contributed by atoms with E-state index in [4.69, 9.17) is 9.47 Å². The van der Waals surface area contributed by atoms with Gasteiger partial charge in [-0.1, -0.05) is 91.9 Å². The summed E-state index contributed by atoms with van der Waals surface area (Å²) in [5, 5.41) is 11.8. The van der Waals surface area contributed by atoms with Crippen LogP contribution in [0.4, 0.5) is 22.0 Å². The van der Waals surface area contributed by atoms with Crippen LogP contribution in [0.3, 0.4) is 0 Å². The molecule has 5 nitrogen and oxygen atoms in total. The number of aliphatic hydroxyl groups excluding tert-OH is 1. The molecule has 0 aromatic heterocycles. The fourth-order valence-electron chi connectivity index (χ4n) is 5.77. The first kappa shape index (κ1) is 35.3. The van der Waals surface area contributed by atoms with Crippen molar-refractivity contribution in [1.29, 1.82) is 0 Å². The fourth-order valence-corrected chi connectivity index (χ4v) is 6.86. The van der Waals surface area contributed by atoms with Gasteiger partial charge in [0.1, 0.15) is 5.56 Å². The minimum atomic E-state index is -2.33. The average molecular weight is 706 g/mol. The van der Waals surface area contributed by atoms with Crippen LogP contribution in [0, 0.1) is 35.0 Å². The van der Waals surface area contributed by atoms with E-state index < -0.39 is 46.8 Å². The number of halogens is 5. The van der Waals surface area contributed by atoms with E-state index in [9.17, 15) is 31.9 Å². The lowest BCUT2D eigenvalue weighted by Gasteiger charge is -2.41. The molecule has 0 spiro atoms. The van der Waals surface area contributed by atoms with Crippen LogP contribution in [0.1, 0.15) is 51.9 Å². The van der Waals surface area contributed by atoms with Crippen molar-refractivity contribution < 1.29 is 41.3 Å². The summed E-state index contributed by atoms with van der Waals surface area (Å²) >= 11 is 1.71. The molecule has 2 N–H and O–H groups in total. The number of nitrogens with one attached hydrogen (secondary N) is 1. The third-order valence-corrected chi connectivity index (χ3v) is 9.71. The highest BCUT2D eigenvalue weighted by Gasteiger charge is 2.38. The molecule has 1 fully saturated rings. The van der Waals surface area contributed by atoms with E-state index in [1.54, 1.807) is 30.0 Å². The van der Waals surface area contributed by atoms with Gasteiger partial charge in [0, 0.05) is 28.7 Å². The Bertz CT molecular complexity index is 1930. The standard InChI is InChI=1S/C39H32F5NO4S/c1-22-30(21-50-29-8-3-2-4-9-29)48-39(49-37(22)26-12-10-23(20-46)11-13-26)27-16-14-25(15-17-27)28-7-5-6-24(18-28)19-45-38(47)31-32(40)34(42)36(44)35(43)33(31)41/h2-18,22,30,37,39,46H,19-21H2,1H3,(H,45,47)/t22-,30+,37+,39+/m0/s1. The third-order valence-electron chi connectivity index (χ3n) is 8.61. The third kappa shape index (κ3) is 7.61. The number of benzene rings is 5. The predicted molar refractivity (Wildman–Crippen MR) is 179 cm³/mol. The van der Waals surface area contributed by atoms with Crippen LogP contribution in [0.25, 0.3) is 11.1 Å². The van der Waals surface area contributed by atoms with Gasteiger partial charge in [-0.05, 0) is 46.0 Å². The molecule has 1 aliphatic heterocycles. The largest absolute Gasteiger partial charge is 0.392 e. The van der Waals surface area contributed by atoms with E-state index >= 15 is 0 Å². The number of hydrogen-bond donors (Lipinski definition) is 2. The van der Waals surface area contributed by atoms with E-state index in [1.807, 2.05) is 72.8 Å². The lowest BCUT2D eigenvalue weighted by Crippen LogP contribution is -2.38. The zero-order chi connectivity index (χ0) is 35.4. The summed E-state index contributed by atoms with van der Waals surface area (Å²) in [5.74, 6) is -11.8. The van der Waals surface area contributed by atoms with Crippen LogP contribution in [0.2, 0.25) is 0 Å². The molecule has 50 heavy (non-hydrogen) atoms. The normalized spacial score (nSPS) is 18.9. The van der Waals surface area contributed by atoms with E-state index in [1.165, 1.54) is 0 Å². The maximum absolute atomic E-state index is 14.1. The molecule has 0 saturated carbocycles. The molecule has 0 bridgehead atoms. The summed E-state index contributed by atoms with van der Waals surface area (Å²) in [5.41, 5.74) is 3.17. The Morgan fingerprint density at radius 1 is 0.720 bits per heavy atom. The van der Waals surface area contributed by atoms with Crippen molar-refractivity contribution in [2.75, 3.05) is 5.75 Å². The zero-order valence-electron chi connectivity index (χ0n) is 26.7. The van der Waals surface area contributed by atoms with Gasteiger partial charge in [0.05, 0.1) is 18.8 Å². The molecular formula is C39H32F5NO4S. The molecule has 1 saturated heterocycles. The van der Waals surface area contributed by atoms with Crippen molar-refractivity contribution in [3.8, 4) is 11.1 Å². The average Bonchev–Trinajstić information content (AvgIpc) is 3.16. The van der Waals surface area contributed by atoms with Gasteiger partial charge < -0.3 is 19.9 Å². The summed E-state index contributed by atoms with van der Waals surface area (Å²) in [4.78, 5) is 13.6. The molecule has 0 radical (unpaired) electrons. The first-order valence-corrected chi connectivity index (χ1v) is 16.8. The Labute approximate surface area is 290 Å². The molecule has 11 heteroatoms. The summed E-state index contributed by atoms with van der Waals surface area (Å²) in [6.07, 6.45) is -1.07. The van der Waals surface area contributed by atoms with Gasteiger partial charge in [0.25, 0.3) is 5.91 Å². The Balaban J connectivity index is 1.18. The molecular weight excluding hydrogens is 673 g/mol. The SMILES string of the molecule is C[C@H]1[C@@H](CSc2ccccc2)O[C@@H](c2ccc(-c3cccc(CNC(=O)c4c(F)c(F)c(F)c(F)c4F)c3)cc2)O[C@H]1c1ccc(CO)cc1. The number of rotatable bonds is 10. The number of thioether (sulfide) groups is 1. The van der Waals surface area contributed by atoms with Crippen LogP contribution in [0.5, 0.6) is 0 Å². The minimum absolute atomic E-state index is 0.0269. The van der Waals surface area contributed by atoms with Crippen LogP contribution < -0.4 is 5.32 Å². The number of carbonyl (C=O) groups excluding carboxylic acids is 1. The molecule has 0 aliphatic carbocycles. The quantitative estimate of drug-likeness (QED) is 0.0657. The Morgan fingerprint density at radius 3 is 2.02 bits per heavy atom. The number of ether oxygens (including phenoxy) is 2. The van der Waals surface area contributed by atoms with Gasteiger partial charge in [-0.3, -0.25) is 4.79 Å². The lowest BCUT2D eigenvalue weighted by molar-refractivity contribution is -0.268. The first-order valence-electron chi connectivity index (χ1n) is 15.8. The summed E-state index contributed by atoms with van der Waals surface area (Å²) in [7, 11) is 0. The van der Waals surface area contributed by atoms with Gasteiger partial charge in [-0.15, -0.1) is 11.8 Å². The maximum Gasteiger partial charge on any atom is 0.257 e. The number of amides is 1. The molecule has 258 valence electrons. The molecule has 1 heterocycles. The Morgan fingerprint density at radius 2 is 1.36 bits per heavy atom. The van der Waals surface area contributed by atoms with Crippen LogP contribution in [-0.2, 0) is 22.6 Å². The molecule has 5 aromatic rings.